The van der Waals surface area contributed by atoms with E-state index in [2.05, 4.69) is 30.7 Å². The van der Waals surface area contributed by atoms with Crippen molar-refractivity contribution in [2.45, 2.75) is 19.8 Å². The van der Waals surface area contributed by atoms with Gasteiger partial charge >= 0.3 is 0 Å². The van der Waals surface area contributed by atoms with Crippen LogP contribution in [-0.2, 0) is 6.42 Å². The molecule has 0 bridgehead atoms. The van der Waals surface area contributed by atoms with Crippen LogP contribution in [0.25, 0.3) is 5.65 Å². The van der Waals surface area contributed by atoms with E-state index in [1.54, 1.807) is 0 Å². The smallest absolute Gasteiger partial charge is 0.136 e. The number of rotatable bonds is 3. The van der Waals surface area contributed by atoms with Crippen molar-refractivity contribution in [1.82, 2.24) is 9.38 Å². The van der Waals surface area contributed by atoms with Crippen molar-refractivity contribution in [2.24, 2.45) is 0 Å². The number of imidazole rings is 1. The first-order valence-corrected chi connectivity index (χ1v) is 4.88. The topological polar surface area (TPSA) is 17.3 Å². The molecule has 0 N–H and O–H groups in total. The average molecular weight is 186 g/mol. The van der Waals surface area contributed by atoms with Gasteiger partial charge in [0.2, 0.25) is 0 Å². The lowest BCUT2D eigenvalue weighted by Crippen LogP contribution is -1.91. The van der Waals surface area contributed by atoms with Crippen molar-refractivity contribution < 1.29 is 0 Å². The highest BCUT2D eigenvalue weighted by atomic mass is 15.0. The van der Waals surface area contributed by atoms with Crippen molar-refractivity contribution in [3.05, 3.63) is 48.4 Å². The predicted octanol–water partition coefficient (Wildman–Crippen LogP) is 2.84. The summed E-state index contributed by atoms with van der Waals surface area (Å²) in [7, 11) is 0. The molecule has 2 heteroatoms. The van der Waals surface area contributed by atoms with E-state index in [-0.39, 0.29) is 0 Å². The van der Waals surface area contributed by atoms with Gasteiger partial charge in [-0.25, -0.2) is 4.98 Å². The SMILES string of the molecule is C=C(CC)Cc1ccc2nccn2c1. The molecular weight excluding hydrogens is 172 g/mol. The molecule has 2 nitrogen and oxygen atoms in total. The molecule has 0 amide bonds. The molecule has 0 aliphatic rings. The maximum Gasteiger partial charge on any atom is 0.136 e. The van der Waals surface area contributed by atoms with Gasteiger partial charge < -0.3 is 4.40 Å². The van der Waals surface area contributed by atoms with Gasteiger partial charge in [-0.2, -0.15) is 0 Å². The van der Waals surface area contributed by atoms with E-state index in [1.165, 1.54) is 11.1 Å². The summed E-state index contributed by atoms with van der Waals surface area (Å²) in [6.07, 6.45) is 7.90. The Morgan fingerprint density at radius 1 is 1.50 bits per heavy atom. The number of pyridine rings is 1. The highest BCUT2D eigenvalue weighted by Crippen LogP contribution is 2.10. The van der Waals surface area contributed by atoms with Gasteiger partial charge in [0.1, 0.15) is 5.65 Å². The monoisotopic (exact) mass is 186 g/mol. The first kappa shape index (κ1) is 9.00. The van der Waals surface area contributed by atoms with E-state index < -0.39 is 0 Å². The van der Waals surface area contributed by atoms with Crippen molar-refractivity contribution in [3.8, 4) is 0 Å². The zero-order valence-corrected chi connectivity index (χ0v) is 8.40. The van der Waals surface area contributed by atoms with Gasteiger partial charge in [-0.1, -0.05) is 25.1 Å². The Morgan fingerprint density at radius 3 is 3.14 bits per heavy atom. The Kier molecular flexibility index (Phi) is 2.35. The molecular formula is C12H14N2. The minimum Gasteiger partial charge on any atom is -0.307 e. The fraction of sp³-hybridized carbons (Fsp3) is 0.250. The fourth-order valence-electron chi connectivity index (χ4n) is 1.48. The highest BCUT2D eigenvalue weighted by Gasteiger charge is 1.98. The standard InChI is InChI=1S/C12H14N2/c1-3-10(2)8-11-4-5-12-13-6-7-14(12)9-11/h4-7,9H,2-3,8H2,1H3. The summed E-state index contributed by atoms with van der Waals surface area (Å²) < 4.78 is 2.04. The second-order valence-electron chi connectivity index (χ2n) is 3.51. The normalized spacial score (nSPS) is 10.6. The third-order valence-corrected chi connectivity index (χ3v) is 2.40. The first-order chi connectivity index (χ1) is 6.79. The van der Waals surface area contributed by atoms with E-state index in [1.807, 2.05) is 22.9 Å². The molecule has 0 saturated carbocycles. The van der Waals surface area contributed by atoms with Crippen LogP contribution in [0, 0.1) is 0 Å². The Morgan fingerprint density at radius 2 is 2.36 bits per heavy atom. The maximum absolute atomic E-state index is 4.20. The van der Waals surface area contributed by atoms with Crippen molar-refractivity contribution >= 4 is 5.65 Å². The number of aromatic nitrogens is 2. The second-order valence-corrected chi connectivity index (χ2v) is 3.51. The molecule has 72 valence electrons. The maximum atomic E-state index is 4.20. The molecule has 2 rings (SSSR count). The molecule has 2 heterocycles. The molecule has 0 saturated heterocycles. The average Bonchev–Trinajstić information content (AvgIpc) is 2.64. The van der Waals surface area contributed by atoms with Crippen molar-refractivity contribution in [1.29, 1.82) is 0 Å². The third kappa shape index (κ3) is 1.69. The predicted molar refractivity (Wildman–Crippen MR) is 58.3 cm³/mol. The van der Waals surface area contributed by atoms with Gasteiger partial charge in [-0.05, 0) is 24.5 Å². The van der Waals surface area contributed by atoms with Crippen LogP contribution in [0.4, 0.5) is 0 Å². The molecule has 2 aromatic heterocycles. The van der Waals surface area contributed by atoms with Gasteiger partial charge in [0.15, 0.2) is 0 Å². The zero-order valence-electron chi connectivity index (χ0n) is 8.40. The van der Waals surface area contributed by atoms with Crippen LogP contribution in [0.1, 0.15) is 18.9 Å². The molecule has 0 aromatic carbocycles. The van der Waals surface area contributed by atoms with Gasteiger partial charge in [0.05, 0.1) is 0 Å². The third-order valence-electron chi connectivity index (χ3n) is 2.40. The summed E-state index contributed by atoms with van der Waals surface area (Å²) in [6, 6.07) is 4.15. The lowest BCUT2D eigenvalue weighted by molar-refractivity contribution is 0.995. The van der Waals surface area contributed by atoms with E-state index >= 15 is 0 Å². The van der Waals surface area contributed by atoms with Crippen LogP contribution in [0.2, 0.25) is 0 Å². The van der Waals surface area contributed by atoms with Crippen LogP contribution >= 0.6 is 0 Å². The summed E-state index contributed by atoms with van der Waals surface area (Å²) in [4.78, 5) is 4.20. The van der Waals surface area contributed by atoms with Crippen LogP contribution in [0.3, 0.4) is 0 Å². The lowest BCUT2D eigenvalue weighted by Gasteiger charge is -2.03. The number of fused-ring (bicyclic) bond motifs is 1. The Hall–Kier alpha value is -1.57. The molecule has 0 unspecified atom stereocenters. The van der Waals surface area contributed by atoms with E-state index in [0.29, 0.717) is 0 Å². The van der Waals surface area contributed by atoms with Gasteiger partial charge in [0.25, 0.3) is 0 Å². The summed E-state index contributed by atoms with van der Waals surface area (Å²) in [5, 5.41) is 0. The lowest BCUT2D eigenvalue weighted by atomic mass is 10.1. The van der Waals surface area contributed by atoms with E-state index in [9.17, 15) is 0 Å². The molecule has 0 atom stereocenters. The summed E-state index contributed by atoms with van der Waals surface area (Å²) in [5.41, 5.74) is 3.56. The van der Waals surface area contributed by atoms with Gasteiger partial charge in [0, 0.05) is 18.6 Å². The van der Waals surface area contributed by atoms with Crippen molar-refractivity contribution in [2.75, 3.05) is 0 Å². The molecule has 0 aliphatic carbocycles. The minimum atomic E-state index is 0.963. The van der Waals surface area contributed by atoms with Crippen LogP contribution in [-0.4, -0.2) is 9.38 Å². The zero-order chi connectivity index (χ0) is 9.97. The Labute approximate surface area is 83.9 Å². The molecule has 0 aliphatic heterocycles. The summed E-state index contributed by atoms with van der Waals surface area (Å²) in [5.74, 6) is 0. The van der Waals surface area contributed by atoms with Gasteiger partial charge in [-0.3, -0.25) is 0 Å². The number of allylic oxidation sites excluding steroid dienone is 1. The summed E-state index contributed by atoms with van der Waals surface area (Å²) in [6.45, 7) is 6.15. The van der Waals surface area contributed by atoms with E-state index in [4.69, 9.17) is 0 Å². The first-order valence-electron chi connectivity index (χ1n) is 4.88. The van der Waals surface area contributed by atoms with Crippen molar-refractivity contribution in [3.63, 3.8) is 0 Å². The number of nitrogens with zero attached hydrogens (tertiary/aromatic N) is 2. The molecule has 2 aromatic rings. The number of hydrogen-bond acceptors (Lipinski definition) is 1. The second kappa shape index (κ2) is 3.66. The van der Waals surface area contributed by atoms with Crippen LogP contribution < -0.4 is 0 Å². The Balaban J connectivity index is 2.30. The quantitative estimate of drug-likeness (QED) is 0.674. The highest BCUT2D eigenvalue weighted by molar-refractivity contribution is 5.40. The van der Waals surface area contributed by atoms with Gasteiger partial charge in [-0.15, -0.1) is 0 Å². The molecule has 0 radical (unpaired) electrons. The minimum absolute atomic E-state index is 0.963. The fourth-order valence-corrected chi connectivity index (χ4v) is 1.48. The molecule has 0 fully saturated rings. The summed E-state index contributed by atoms with van der Waals surface area (Å²) >= 11 is 0. The Bertz CT molecular complexity index is 454. The molecule has 0 spiro atoms. The van der Waals surface area contributed by atoms with Crippen LogP contribution in [0.5, 0.6) is 0 Å². The van der Waals surface area contributed by atoms with E-state index in [0.717, 1.165) is 18.5 Å². The van der Waals surface area contributed by atoms with Crippen LogP contribution in [0.15, 0.2) is 42.9 Å². The number of hydrogen-bond donors (Lipinski definition) is 0. The largest absolute Gasteiger partial charge is 0.307 e. The molecule has 14 heavy (non-hydrogen) atoms.